The zero-order chi connectivity index (χ0) is 20.6. The molecule has 29 heavy (non-hydrogen) atoms. The number of carbonyl (C=O) groups is 1. The van der Waals surface area contributed by atoms with Crippen LogP contribution in [0.2, 0.25) is 0 Å². The van der Waals surface area contributed by atoms with Crippen LogP contribution in [0.15, 0.2) is 65.8 Å². The Morgan fingerprint density at radius 2 is 2.07 bits per heavy atom. The fourth-order valence-electron chi connectivity index (χ4n) is 3.37. The van der Waals surface area contributed by atoms with Crippen molar-refractivity contribution in [2.45, 2.75) is 37.3 Å². The lowest BCUT2D eigenvalue weighted by molar-refractivity contribution is -0.118. The van der Waals surface area contributed by atoms with Gasteiger partial charge >= 0.3 is 0 Å². The van der Waals surface area contributed by atoms with E-state index in [4.69, 9.17) is 9.84 Å². The number of rotatable bonds is 8. The minimum atomic E-state index is -0.951. The van der Waals surface area contributed by atoms with Crippen LogP contribution in [0.5, 0.6) is 5.75 Å². The lowest BCUT2D eigenvalue weighted by Crippen LogP contribution is -2.52. The molecule has 1 aromatic carbocycles. The molecule has 4 atom stereocenters. The van der Waals surface area contributed by atoms with Crippen LogP contribution >= 0.6 is 0 Å². The van der Waals surface area contributed by atoms with Crippen LogP contribution in [0.25, 0.3) is 0 Å². The quantitative estimate of drug-likeness (QED) is 0.528. The van der Waals surface area contributed by atoms with Crippen molar-refractivity contribution in [1.82, 2.24) is 10.6 Å². The number of para-hydroxylation sites is 1. The Bertz CT molecular complexity index is 778. The van der Waals surface area contributed by atoms with Crippen molar-refractivity contribution in [1.29, 1.82) is 0 Å². The Hall–Kier alpha value is -2.48. The standard InChI is InChI=1S/C22H27FN2O4/c23-17-8-6-15(7-9-17)14-25-19-12-16(22(28)24-10-11-26)13-20(21(19)27)29-18-4-2-1-3-5-18/h1-8,13,17,19-21,25-27H,9-12,14H2,(H,24,28)/t17?,19-,20+,21+/m1/s1. The van der Waals surface area contributed by atoms with E-state index in [2.05, 4.69) is 10.6 Å². The fourth-order valence-corrected chi connectivity index (χ4v) is 3.37. The predicted molar refractivity (Wildman–Crippen MR) is 108 cm³/mol. The number of aliphatic hydroxyl groups excluding tert-OH is 2. The molecular formula is C22H27FN2O4. The van der Waals surface area contributed by atoms with E-state index >= 15 is 0 Å². The van der Waals surface area contributed by atoms with Gasteiger partial charge in [-0.15, -0.1) is 0 Å². The predicted octanol–water partition coefficient (Wildman–Crippen LogP) is 1.42. The first-order valence-electron chi connectivity index (χ1n) is 9.81. The van der Waals surface area contributed by atoms with Crippen LogP contribution in [0.4, 0.5) is 4.39 Å². The number of amides is 1. The fraction of sp³-hybridized carbons (Fsp3) is 0.409. The van der Waals surface area contributed by atoms with Crippen molar-refractivity contribution in [2.24, 2.45) is 0 Å². The summed E-state index contributed by atoms with van der Waals surface area (Å²) in [5.74, 6) is 0.298. The normalized spacial score (nSPS) is 26.4. The molecule has 0 heterocycles. The molecule has 2 aliphatic carbocycles. The molecule has 4 N–H and O–H groups in total. The van der Waals surface area contributed by atoms with Crippen LogP contribution < -0.4 is 15.4 Å². The molecule has 0 bridgehead atoms. The van der Waals surface area contributed by atoms with Gasteiger partial charge in [0.05, 0.1) is 6.61 Å². The first-order valence-corrected chi connectivity index (χ1v) is 9.81. The van der Waals surface area contributed by atoms with E-state index in [1.54, 1.807) is 24.3 Å². The Balaban J connectivity index is 1.71. The highest BCUT2D eigenvalue weighted by Gasteiger charge is 2.35. The summed E-state index contributed by atoms with van der Waals surface area (Å²) in [5.41, 5.74) is 1.42. The van der Waals surface area contributed by atoms with E-state index in [9.17, 15) is 14.3 Å². The molecule has 0 aliphatic heterocycles. The topological polar surface area (TPSA) is 90.8 Å². The summed E-state index contributed by atoms with van der Waals surface area (Å²) in [4.78, 5) is 12.4. The van der Waals surface area contributed by atoms with Gasteiger partial charge in [0.1, 0.15) is 24.1 Å². The maximum absolute atomic E-state index is 13.2. The maximum atomic E-state index is 13.2. The summed E-state index contributed by atoms with van der Waals surface area (Å²) < 4.78 is 19.2. The van der Waals surface area contributed by atoms with Crippen molar-refractivity contribution in [2.75, 3.05) is 19.7 Å². The van der Waals surface area contributed by atoms with Gasteiger partial charge in [-0.1, -0.05) is 36.4 Å². The van der Waals surface area contributed by atoms with Crippen molar-refractivity contribution in [3.8, 4) is 5.75 Å². The van der Waals surface area contributed by atoms with E-state index in [0.29, 0.717) is 30.7 Å². The van der Waals surface area contributed by atoms with Crippen molar-refractivity contribution in [3.05, 3.63) is 65.8 Å². The van der Waals surface area contributed by atoms with Crippen LogP contribution in [0.1, 0.15) is 12.8 Å². The number of nitrogens with one attached hydrogen (secondary N) is 2. The van der Waals surface area contributed by atoms with Crippen LogP contribution in [0, 0.1) is 0 Å². The molecule has 1 unspecified atom stereocenters. The van der Waals surface area contributed by atoms with E-state index < -0.39 is 24.4 Å². The molecule has 7 heteroatoms. The number of allylic oxidation sites excluding steroid dienone is 2. The summed E-state index contributed by atoms with van der Waals surface area (Å²) in [6.45, 7) is 0.459. The van der Waals surface area contributed by atoms with Crippen LogP contribution in [-0.2, 0) is 4.79 Å². The molecule has 0 fully saturated rings. The van der Waals surface area contributed by atoms with E-state index in [1.165, 1.54) is 6.08 Å². The Morgan fingerprint density at radius 1 is 1.28 bits per heavy atom. The van der Waals surface area contributed by atoms with Crippen molar-refractivity contribution >= 4 is 5.91 Å². The SMILES string of the molecule is O=C(NCCO)C1=C[C@H](Oc2ccccc2)[C@@H](O)[C@H](NCC2=CCC(F)C=C2)C1. The van der Waals surface area contributed by atoms with Gasteiger partial charge in [0, 0.05) is 31.1 Å². The third kappa shape index (κ3) is 6.00. The van der Waals surface area contributed by atoms with Crippen molar-refractivity contribution in [3.63, 3.8) is 0 Å². The molecule has 6 nitrogen and oxygen atoms in total. The molecule has 1 amide bonds. The molecule has 0 saturated carbocycles. The highest BCUT2D eigenvalue weighted by molar-refractivity contribution is 5.93. The van der Waals surface area contributed by atoms with Gasteiger partial charge in [-0.2, -0.15) is 0 Å². The van der Waals surface area contributed by atoms with Gasteiger partial charge in [-0.25, -0.2) is 4.39 Å². The van der Waals surface area contributed by atoms with Crippen molar-refractivity contribution < 1.29 is 24.1 Å². The molecule has 2 aliphatic rings. The lowest BCUT2D eigenvalue weighted by Gasteiger charge is -2.34. The van der Waals surface area contributed by atoms with Gasteiger partial charge in [0.15, 0.2) is 0 Å². The summed E-state index contributed by atoms with van der Waals surface area (Å²) in [7, 11) is 0. The smallest absolute Gasteiger partial charge is 0.247 e. The second kappa shape index (κ2) is 10.3. The average Bonchev–Trinajstić information content (AvgIpc) is 2.74. The highest BCUT2D eigenvalue weighted by Crippen LogP contribution is 2.24. The third-order valence-corrected chi connectivity index (χ3v) is 4.95. The average molecular weight is 402 g/mol. The van der Waals surface area contributed by atoms with Crippen LogP contribution in [-0.4, -0.2) is 60.2 Å². The zero-order valence-electron chi connectivity index (χ0n) is 16.1. The summed E-state index contributed by atoms with van der Waals surface area (Å²) in [6.07, 6.45) is 4.85. The first-order chi connectivity index (χ1) is 14.1. The van der Waals surface area contributed by atoms with Gasteiger partial charge in [0.2, 0.25) is 5.91 Å². The van der Waals surface area contributed by atoms with Gasteiger partial charge in [-0.3, -0.25) is 4.79 Å². The second-order valence-corrected chi connectivity index (χ2v) is 7.14. The van der Waals surface area contributed by atoms with Crippen LogP contribution in [0.3, 0.4) is 0 Å². The Labute approximate surface area is 169 Å². The Morgan fingerprint density at radius 3 is 2.76 bits per heavy atom. The molecule has 0 spiro atoms. The third-order valence-electron chi connectivity index (χ3n) is 4.95. The molecule has 0 radical (unpaired) electrons. The van der Waals surface area contributed by atoms with E-state index in [-0.39, 0.29) is 19.1 Å². The maximum Gasteiger partial charge on any atom is 0.247 e. The zero-order valence-corrected chi connectivity index (χ0v) is 16.1. The molecule has 0 saturated heterocycles. The largest absolute Gasteiger partial charge is 0.484 e. The van der Waals surface area contributed by atoms with E-state index in [0.717, 1.165) is 5.57 Å². The summed E-state index contributed by atoms with van der Waals surface area (Å²) in [6, 6.07) is 8.69. The molecule has 0 aromatic heterocycles. The van der Waals surface area contributed by atoms with E-state index in [1.807, 2.05) is 24.3 Å². The van der Waals surface area contributed by atoms with Gasteiger partial charge in [0.25, 0.3) is 0 Å². The lowest BCUT2D eigenvalue weighted by atomic mass is 9.89. The number of benzene rings is 1. The molecular weight excluding hydrogens is 375 g/mol. The minimum Gasteiger partial charge on any atom is -0.484 e. The van der Waals surface area contributed by atoms with Gasteiger partial charge in [-0.05, 0) is 30.2 Å². The number of halogens is 1. The minimum absolute atomic E-state index is 0.149. The number of hydrogen-bond acceptors (Lipinski definition) is 5. The molecule has 3 rings (SSSR count). The highest BCUT2D eigenvalue weighted by atomic mass is 19.1. The Kier molecular flexibility index (Phi) is 7.57. The second-order valence-electron chi connectivity index (χ2n) is 7.14. The number of alkyl halides is 1. The van der Waals surface area contributed by atoms with Gasteiger partial charge < -0.3 is 25.6 Å². The number of hydrogen-bond donors (Lipinski definition) is 4. The summed E-state index contributed by atoms with van der Waals surface area (Å²) >= 11 is 0. The molecule has 156 valence electrons. The summed E-state index contributed by atoms with van der Waals surface area (Å²) in [5, 5.41) is 25.7. The number of carbonyl (C=O) groups excluding carboxylic acids is 1. The number of aliphatic hydroxyl groups is 2. The number of ether oxygens (including phenoxy) is 1. The first kappa shape index (κ1) is 21.2. The monoisotopic (exact) mass is 402 g/mol. The molecule has 1 aromatic rings.